The van der Waals surface area contributed by atoms with Crippen LogP contribution >= 0.6 is 0 Å². The molecular formula is C10H13FN2O3. The molecule has 16 heavy (non-hydrogen) atoms. The zero-order chi connectivity index (χ0) is 12.0. The van der Waals surface area contributed by atoms with E-state index in [-0.39, 0.29) is 18.8 Å². The lowest BCUT2D eigenvalue weighted by Gasteiger charge is -2.15. The molecule has 0 aliphatic carbocycles. The lowest BCUT2D eigenvalue weighted by atomic mass is 10.2. The van der Waals surface area contributed by atoms with Crippen molar-refractivity contribution < 1.29 is 19.0 Å². The van der Waals surface area contributed by atoms with Gasteiger partial charge in [-0.25, -0.2) is 4.98 Å². The number of rotatable bonds is 5. The van der Waals surface area contributed by atoms with Crippen molar-refractivity contribution in [2.24, 2.45) is 0 Å². The highest BCUT2D eigenvalue weighted by molar-refractivity contribution is 5.94. The molecule has 88 valence electrons. The Morgan fingerprint density at radius 1 is 1.75 bits per heavy atom. The lowest BCUT2D eigenvalue weighted by molar-refractivity contribution is 0.0835. The number of carbonyl (C=O) groups excluding carboxylic acids is 1. The van der Waals surface area contributed by atoms with Crippen molar-refractivity contribution >= 4 is 5.91 Å². The summed E-state index contributed by atoms with van der Waals surface area (Å²) in [5.41, 5.74) is -0.156. The molecule has 0 fully saturated rings. The molecular weight excluding hydrogens is 215 g/mol. The molecule has 0 aliphatic rings. The molecule has 6 heteroatoms. The van der Waals surface area contributed by atoms with Gasteiger partial charge in [-0.1, -0.05) is 0 Å². The number of hydrogen-bond acceptors (Lipinski definition) is 4. The van der Waals surface area contributed by atoms with Crippen molar-refractivity contribution in [3.8, 4) is 0 Å². The van der Waals surface area contributed by atoms with Gasteiger partial charge in [-0.15, -0.1) is 0 Å². The van der Waals surface area contributed by atoms with E-state index in [4.69, 9.17) is 9.84 Å². The minimum atomic E-state index is -0.839. The monoisotopic (exact) mass is 228 g/mol. The van der Waals surface area contributed by atoms with Gasteiger partial charge in [-0.2, -0.15) is 4.39 Å². The third-order valence-electron chi connectivity index (χ3n) is 1.93. The lowest BCUT2D eigenvalue weighted by Crippen LogP contribution is -2.41. The average Bonchev–Trinajstić information content (AvgIpc) is 2.28. The highest BCUT2D eigenvalue weighted by Gasteiger charge is 2.16. The topological polar surface area (TPSA) is 71.5 Å². The molecule has 0 radical (unpaired) electrons. The van der Waals surface area contributed by atoms with Crippen LogP contribution < -0.4 is 5.32 Å². The summed E-state index contributed by atoms with van der Waals surface area (Å²) in [4.78, 5) is 14.9. The van der Waals surface area contributed by atoms with Gasteiger partial charge in [0.15, 0.2) is 0 Å². The maximum absolute atomic E-state index is 13.1. The number of nitrogens with zero attached hydrogens (tertiary/aromatic N) is 1. The first-order chi connectivity index (χ1) is 7.69. The predicted octanol–water partition coefficient (Wildman–Crippen LogP) is -0.0422. The zero-order valence-electron chi connectivity index (χ0n) is 8.81. The molecule has 2 N–H and O–H groups in total. The van der Waals surface area contributed by atoms with Crippen LogP contribution in [0.3, 0.4) is 0 Å². The summed E-state index contributed by atoms with van der Waals surface area (Å²) in [6.07, 6.45) is 1.25. The Bertz CT molecular complexity index is 360. The Hall–Kier alpha value is -1.53. The predicted molar refractivity (Wildman–Crippen MR) is 54.4 cm³/mol. The van der Waals surface area contributed by atoms with E-state index >= 15 is 0 Å². The number of halogens is 1. The number of amides is 1. The first-order valence-electron chi connectivity index (χ1n) is 4.70. The molecule has 1 rings (SSSR count). The number of carbonyl (C=O) groups is 1. The number of aromatic nitrogens is 1. The van der Waals surface area contributed by atoms with Crippen molar-refractivity contribution in [3.63, 3.8) is 0 Å². The number of aliphatic hydroxyl groups is 1. The van der Waals surface area contributed by atoms with Gasteiger partial charge >= 0.3 is 0 Å². The SMILES string of the molecule is COCC(CO)NC(=O)c1cccnc1F. The van der Waals surface area contributed by atoms with Gasteiger partial charge in [0.1, 0.15) is 0 Å². The van der Waals surface area contributed by atoms with Gasteiger partial charge in [0.05, 0.1) is 24.8 Å². The number of aliphatic hydroxyl groups excluding tert-OH is 1. The molecule has 0 spiro atoms. The quantitative estimate of drug-likeness (QED) is 0.693. The first-order valence-corrected chi connectivity index (χ1v) is 4.70. The Morgan fingerprint density at radius 3 is 3.06 bits per heavy atom. The minimum Gasteiger partial charge on any atom is -0.394 e. The fraction of sp³-hybridized carbons (Fsp3) is 0.400. The van der Waals surface area contributed by atoms with E-state index in [1.807, 2.05) is 0 Å². The Labute approximate surface area is 92.3 Å². The van der Waals surface area contributed by atoms with Crippen LogP contribution in [0.4, 0.5) is 4.39 Å². The molecule has 0 saturated heterocycles. The molecule has 1 amide bonds. The minimum absolute atomic E-state index is 0.156. The van der Waals surface area contributed by atoms with E-state index in [1.165, 1.54) is 25.4 Å². The zero-order valence-corrected chi connectivity index (χ0v) is 8.81. The summed E-state index contributed by atoms with van der Waals surface area (Å²) in [6, 6.07) is 2.22. The van der Waals surface area contributed by atoms with Gasteiger partial charge in [0, 0.05) is 13.3 Å². The number of pyridine rings is 1. The maximum atomic E-state index is 13.1. The van der Waals surface area contributed by atoms with Crippen molar-refractivity contribution in [3.05, 3.63) is 29.8 Å². The molecule has 5 nitrogen and oxygen atoms in total. The van der Waals surface area contributed by atoms with Crippen LogP contribution in [0.15, 0.2) is 18.3 Å². The van der Waals surface area contributed by atoms with Gasteiger partial charge < -0.3 is 15.2 Å². The molecule has 0 aliphatic heterocycles. The summed E-state index contributed by atoms with van der Waals surface area (Å²) in [5.74, 6) is -1.46. The number of ether oxygens (including phenoxy) is 1. The molecule has 1 heterocycles. The van der Waals surface area contributed by atoms with Crippen molar-refractivity contribution in [1.29, 1.82) is 0 Å². The standard InChI is InChI=1S/C10H13FN2O3/c1-16-6-7(5-14)13-10(15)8-3-2-4-12-9(8)11/h2-4,7,14H,5-6H2,1H3,(H,13,15). The summed E-state index contributed by atoms with van der Waals surface area (Å²) >= 11 is 0. The Balaban J connectivity index is 2.68. The van der Waals surface area contributed by atoms with E-state index < -0.39 is 17.9 Å². The smallest absolute Gasteiger partial charge is 0.256 e. The molecule has 0 bridgehead atoms. The van der Waals surface area contributed by atoms with Gasteiger partial charge in [0.25, 0.3) is 5.91 Å². The van der Waals surface area contributed by atoms with Crippen LogP contribution in [-0.4, -0.2) is 42.4 Å². The van der Waals surface area contributed by atoms with Gasteiger partial charge in [0.2, 0.25) is 5.95 Å². The Morgan fingerprint density at radius 2 is 2.50 bits per heavy atom. The molecule has 0 saturated carbocycles. The average molecular weight is 228 g/mol. The van der Waals surface area contributed by atoms with Gasteiger partial charge in [-0.05, 0) is 12.1 Å². The van der Waals surface area contributed by atoms with E-state index in [2.05, 4.69) is 10.3 Å². The third-order valence-corrected chi connectivity index (χ3v) is 1.93. The second-order valence-corrected chi connectivity index (χ2v) is 3.15. The first kappa shape index (κ1) is 12.5. The Kier molecular flexibility index (Phi) is 4.81. The molecule has 1 aromatic rings. The maximum Gasteiger partial charge on any atom is 0.256 e. The van der Waals surface area contributed by atoms with Crippen molar-refractivity contribution in [1.82, 2.24) is 10.3 Å². The summed E-state index contributed by atoms with van der Waals surface area (Å²) in [7, 11) is 1.44. The van der Waals surface area contributed by atoms with E-state index in [0.29, 0.717) is 0 Å². The van der Waals surface area contributed by atoms with Crippen LogP contribution in [0.1, 0.15) is 10.4 Å². The highest BCUT2D eigenvalue weighted by atomic mass is 19.1. The van der Waals surface area contributed by atoms with Crippen LogP contribution in [0, 0.1) is 5.95 Å². The second kappa shape index (κ2) is 6.14. The van der Waals surface area contributed by atoms with Crippen molar-refractivity contribution in [2.75, 3.05) is 20.3 Å². The summed E-state index contributed by atoms with van der Waals surface area (Å²) < 4.78 is 17.9. The van der Waals surface area contributed by atoms with Crippen LogP contribution in [0.5, 0.6) is 0 Å². The summed E-state index contributed by atoms with van der Waals surface area (Å²) in [5, 5.41) is 11.3. The fourth-order valence-corrected chi connectivity index (χ4v) is 1.16. The van der Waals surface area contributed by atoms with Crippen LogP contribution in [0.25, 0.3) is 0 Å². The van der Waals surface area contributed by atoms with E-state index in [1.54, 1.807) is 0 Å². The second-order valence-electron chi connectivity index (χ2n) is 3.15. The largest absolute Gasteiger partial charge is 0.394 e. The number of hydrogen-bond donors (Lipinski definition) is 2. The molecule has 1 aromatic heterocycles. The van der Waals surface area contributed by atoms with Crippen LogP contribution in [-0.2, 0) is 4.74 Å². The number of methoxy groups -OCH3 is 1. The molecule has 1 atom stereocenters. The van der Waals surface area contributed by atoms with Gasteiger partial charge in [-0.3, -0.25) is 4.79 Å². The van der Waals surface area contributed by atoms with E-state index in [9.17, 15) is 9.18 Å². The fourth-order valence-electron chi connectivity index (χ4n) is 1.16. The highest BCUT2D eigenvalue weighted by Crippen LogP contribution is 2.03. The normalized spacial score (nSPS) is 12.2. The molecule has 0 aromatic carbocycles. The van der Waals surface area contributed by atoms with E-state index in [0.717, 1.165) is 0 Å². The van der Waals surface area contributed by atoms with Crippen LogP contribution in [0.2, 0.25) is 0 Å². The third kappa shape index (κ3) is 3.25. The number of nitrogens with one attached hydrogen (secondary N) is 1. The summed E-state index contributed by atoms with van der Waals surface area (Å²) in [6.45, 7) is -0.119. The van der Waals surface area contributed by atoms with Crippen molar-refractivity contribution in [2.45, 2.75) is 6.04 Å². The molecule has 1 unspecified atom stereocenters.